The molecular weight excluding hydrogens is 266 g/mol. The summed E-state index contributed by atoms with van der Waals surface area (Å²) in [4.78, 5) is 15.1. The maximum atomic E-state index is 11.0. The zero-order valence-electron chi connectivity index (χ0n) is 12.4. The van der Waals surface area contributed by atoms with Crippen LogP contribution in [0.15, 0.2) is 11.1 Å². The van der Waals surface area contributed by atoms with E-state index in [1.54, 1.807) is 6.08 Å². The monoisotopic (exact) mass is 285 g/mol. The summed E-state index contributed by atoms with van der Waals surface area (Å²) in [6, 6.07) is 2.12. The molecule has 0 bridgehead atoms. The maximum Gasteiger partial charge on any atom is 0.235 e. The predicted molar refractivity (Wildman–Crippen MR) is 77.7 cm³/mol. The zero-order valence-corrected chi connectivity index (χ0v) is 12.4. The second kappa shape index (κ2) is 4.35. The molecule has 4 heteroatoms. The lowest BCUT2D eigenvalue weighted by molar-refractivity contribution is 0.220. The number of benzene rings is 1. The van der Waals surface area contributed by atoms with E-state index < -0.39 is 5.54 Å². The Kier molecular flexibility index (Phi) is 2.67. The topological polar surface area (TPSA) is 47.9 Å². The highest BCUT2D eigenvalue weighted by molar-refractivity contribution is 5.61. The van der Waals surface area contributed by atoms with Gasteiger partial charge in [0.2, 0.25) is 6.08 Å². The first-order valence-electron chi connectivity index (χ1n) is 7.74. The molecule has 3 aliphatic rings. The van der Waals surface area contributed by atoms with Crippen molar-refractivity contribution in [1.82, 2.24) is 0 Å². The van der Waals surface area contributed by atoms with Gasteiger partial charge in [0.05, 0.1) is 0 Å². The third kappa shape index (κ3) is 1.75. The molecule has 1 saturated carbocycles. The summed E-state index contributed by atoms with van der Waals surface area (Å²) in [6.07, 6.45) is 6.80. The molecule has 2 aliphatic heterocycles. The number of ether oxygens (including phenoxy) is 2. The molecule has 2 unspecified atom stereocenters. The molecule has 0 N–H and O–H groups in total. The van der Waals surface area contributed by atoms with Gasteiger partial charge in [0.15, 0.2) is 0 Å². The van der Waals surface area contributed by atoms with Gasteiger partial charge in [-0.2, -0.15) is 4.99 Å². The van der Waals surface area contributed by atoms with Crippen molar-refractivity contribution in [3.05, 3.63) is 22.8 Å². The van der Waals surface area contributed by atoms with E-state index in [1.165, 1.54) is 11.1 Å². The molecule has 0 radical (unpaired) electrons. The molecular formula is C17H19NO3. The second-order valence-electron chi connectivity index (χ2n) is 6.57. The normalized spacial score (nSPS) is 27.7. The first kappa shape index (κ1) is 12.9. The van der Waals surface area contributed by atoms with Crippen LogP contribution in [0, 0.1) is 0 Å². The van der Waals surface area contributed by atoms with Crippen LogP contribution in [0.3, 0.4) is 0 Å². The van der Waals surface area contributed by atoms with E-state index >= 15 is 0 Å². The fourth-order valence-corrected chi connectivity index (χ4v) is 3.93. The van der Waals surface area contributed by atoms with Crippen molar-refractivity contribution in [1.29, 1.82) is 0 Å². The molecule has 1 aromatic rings. The average molecular weight is 285 g/mol. The van der Waals surface area contributed by atoms with Gasteiger partial charge in [0.1, 0.15) is 29.2 Å². The third-order valence-electron chi connectivity index (χ3n) is 4.98. The highest BCUT2D eigenvalue weighted by atomic mass is 16.5. The van der Waals surface area contributed by atoms with Crippen LogP contribution >= 0.6 is 0 Å². The maximum absolute atomic E-state index is 11.0. The Balaban J connectivity index is 1.95. The van der Waals surface area contributed by atoms with Crippen molar-refractivity contribution in [2.75, 3.05) is 0 Å². The summed E-state index contributed by atoms with van der Waals surface area (Å²) >= 11 is 0. The van der Waals surface area contributed by atoms with E-state index in [0.29, 0.717) is 0 Å². The number of aliphatic imine (C=N–C) groups is 1. The SMILES string of the molecule is CC1Cc2c(cc3c(c2C2(N=C=O)CCC2)OC(C)C3)O1. The van der Waals surface area contributed by atoms with E-state index in [2.05, 4.69) is 24.9 Å². The molecule has 2 atom stereocenters. The molecule has 0 amide bonds. The summed E-state index contributed by atoms with van der Waals surface area (Å²) in [5.41, 5.74) is 3.07. The summed E-state index contributed by atoms with van der Waals surface area (Å²) < 4.78 is 12.0. The van der Waals surface area contributed by atoms with Crippen LogP contribution in [0.25, 0.3) is 0 Å². The number of hydrogen-bond donors (Lipinski definition) is 0. The van der Waals surface area contributed by atoms with Crippen LogP contribution in [0.1, 0.15) is 49.8 Å². The average Bonchev–Trinajstić information content (AvgIpc) is 2.92. The fraction of sp³-hybridized carbons (Fsp3) is 0.588. The van der Waals surface area contributed by atoms with Gasteiger partial charge in [-0.15, -0.1) is 0 Å². The first-order valence-corrected chi connectivity index (χ1v) is 7.74. The molecule has 2 heterocycles. The quantitative estimate of drug-likeness (QED) is 0.620. The Morgan fingerprint density at radius 1 is 1.24 bits per heavy atom. The Bertz CT molecular complexity index is 620. The van der Waals surface area contributed by atoms with Gasteiger partial charge in [-0.05, 0) is 39.2 Å². The van der Waals surface area contributed by atoms with Crippen molar-refractivity contribution in [2.24, 2.45) is 4.99 Å². The van der Waals surface area contributed by atoms with Crippen molar-refractivity contribution in [3.63, 3.8) is 0 Å². The first-order chi connectivity index (χ1) is 10.1. The largest absolute Gasteiger partial charge is 0.490 e. The standard InChI is InChI=1S/C17H19NO3/c1-10-6-12-8-14-13(7-11(2)20-14)15(16(12)21-10)17(18-9-19)4-3-5-17/h8,10-11H,3-7H2,1-2H3. The van der Waals surface area contributed by atoms with Gasteiger partial charge in [-0.1, -0.05) is 0 Å². The predicted octanol–water partition coefficient (Wildman–Crippen LogP) is 3.05. The molecule has 21 heavy (non-hydrogen) atoms. The van der Waals surface area contributed by atoms with Gasteiger partial charge >= 0.3 is 0 Å². The third-order valence-corrected chi connectivity index (χ3v) is 4.98. The minimum Gasteiger partial charge on any atom is -0.490 e. The summed E-state index contributed by atoms with van der Waals surface area (Å²) in [6.45, 7) is 4.16. The molecule has 0 aromatic heterocycles. The smallest absolute Gasteiger partial charge is 0.235 e. The minimum absolute atomic E-state index is 0.177. The van der Waals surface area contributed by atoms with Gasteiger partial charge < -0.3 is 9.47 Å². The number of nitrogens with zero attached hydrogens (tertiary/aromatic N) is 1. The lowest BCUT2D eigenvalue weighted by atomic mass is 9.69. The lowest BCUT2D eigenvalue weighted by Gasteiger charge is -2.39. The Hall–Kier alpha value is -1.80. The summed E-state index contributed by atoms with van der Waals surface area (Å²) in [7, 11) is 0. The molecule has 1 fully saturated rings. The van der Waals surface area contributed by atoms with Gasteiger partial charge in [0, 0.05) is 29.5 Å². The van der Waals surface area contributed by atoms with E-state index in [9.17, 15) is 4.79 Å². The number of isocyanates is 1. The molecule has 0 spiro atoms. The molecule has 4 nitrogen and oxygen atoms in total. The fourth-order valence-electron chi connectivity index (χ4n) is 3.93. The zero-order chi connectivity index (χ0) is 14.6. The van der Waals surface area contributed by atoms with Crippen molar-refractivity contribution in [2.45, 2.75) is 63.7 Å². The van der Waals surface area contributed by atoms with Crippen molar-refractivity contribution >= 4 is 6.08 Å². The van der Waals surface area contributed by atoms with Gasteiger partial charge in [0.25, 0.3) is 0 Å². The molecule has 110 valence electrons. The number of rotatable bonds is 2. The van der Waals surface area contributed by atoms with Crippen molar-refractivity contribution < 1.29 is 14.3 Å². The Morgan fingerprint density at radius 2 is 2.00 bits per heavy atom. The van der Waals surface area contributed by atoms with Crippen LogP contribution in [0.2, 0.25) is 0 Å². The van der Waals surface area contributed by atoms with E-state index in [4.69, 9.17) is 9.47 Å². The van der Waals surface area contributed by atoms with Crippen molar-refractivity contribution in [3.8, 4) is 11.5 Å². The van der Waals surface area contributed by atoms with Gasteiger partial charge in [-0.3, -0.25) is 0 Å². The van der Waals surface area contributed by atoms with Gasteiger partial charge in [-0.25, -0.2) is 4.79 Å². The molecule has 1 aliphatic carbocycles. The highest BCUT2D eigenvalue weighted by Gasteiger charge is 2.46. The van der Waals surface area contributed by atoms with E-state index in [1.807, 2.05) is 0 Å². The second-order valence-corrected chi connectivity index (χ2v) is 6.57. The Labute approximate surface area is 124 Å². The minimum atomic E-state index is -0.422. The number of fused-ring (bicyclic) bond motifs is 2. The van der Waals surface area contributed by atoms with Crippen LogP contribution in [0.5, 0.6) is 11.5 Å². The molecule has 1 aromatic carbocycles. The van der Waals surface area contributed by atoms with Crippen LogP contribution < -0.4 is 9.47 Å². The summed E-state index contributed by atoms with van der Waals surface area (Å²) in [5.74, 6) is 1.92. The molecule has 4 rings (SSSR count). The molecule has 0 saturated heterocycles. The van der Waals surface area contributed by atoms with Crippen LogP contribution in [0.4, 0.5) is 0 Å². The Morgan fingerprint density at radius 3 is 2.67 bits per heavy atom. The van der Waals surface area contributed by atoms with Crippen LogP contribution in [-0.2, 0) is 23.2 Å². The number of hydrogen-bond acceptors (Lipinski definition) is 4. The lowest BCUT2D eigenvalue weighted by Crippen LogP contribution is -2.33. The van der Waals surface area contributed by atoms with E-state index in [-0.39, 0.29) is 12.2 Å². The number of carbonyl (C=O) groups excluding carboxylic acids is 1. The highest BCUT2D eigenvalue weighted by Crippen LogP contribution is 2.55. The van der Waals surface area contributed by atoms with E-state index in [0.717, 1.165) is 49.2 Å². The summed E-state index contributed by atoms with van der Waals surface area (Å²) in [5, 5.41) is 0. The van der Waals surface area contributed by atoms with Crippen LogP contribution in [-0.4, -0.2) is 18.3 Å².